The normalized spacial score (nSPS) is 15.3. The molecule has 0 radical (unpaired) electrons. The minimum absolute atomic E-state index is 0.356. The monoisotopic (exact) mass is 216 g/mol. The molecular formula is C9H17N2O2P. The van der Waals surface area contributed by atoms with E-state index in [2.05, 4.69) is 9.97 Å². The van der Waals surface area contributed by atoms with Crippen molar-refractivity contribution in [1.29, 1.82) is 0 Å². The summed E-state index contributed by atoms with van der Waals surface area (Å²) < 4.78 is 11.6. The molecule has 2 N–H and O–H groups in total. The molecule has 0 fully saturated rings. The van der Waals surface area contributed by atoms with Crippen molar-refractivity contribution in [3.05, 3.63) is 18.2 Å². The summed E-state index contributed by atoms with van der Waals surface area (Å²) >= 11 is 0. The highest BCUT2D eigenvalue weighted by Gasteiger charge is 2.16. The third kappa shape index (κ3) is 4.07. The van der Waals surface area contributed by atoms with Crippen LogP contribution in [0, 0.1) is 0 Å². The minimum atomic E-state index is -2.90. The van der Waals surface area contributed by atoms with Crippen LogP contribution >= 0.6 is 7.37 Å². The maximum Gasteiger partial charge on any atom is 0.201 e. The van der Waals surface area contributed by atoms with Crippen molar-refractivity contribution >= 4 is 7.37 Å². The maximum absolute atomic E-state index is 11.6. The van der Waals surface area contributed by atoms with E-state index in [-0.39, 0.29) is 0 Å². The highest BCUT2D eigenvalue weighted by molar-refractivity contribution is 7.57. The molecule has 14 heavy (non-hydrogen) atoms. The second-order valence-corrected chi connectivity index (χ2v) is 6.06. The molecule has 0 spiro atoms. The van der Waals surface area contributed by atoms with Gasteiger partial charge >= 0.3 is 0 Å². The molecule has 4 nitrogen and oxygen atoms in total. The highest BCUT2D eigenvalue weighted by atomic mass is 31.2. The quantitative estimate of drug-likeness (QED) is 0.715. The summed E-state index contributed by atoms with van der Waals surface area (Å²) in [5, 5.41) is 0. The molecule has 0 saturated heterocycles. The Morgan fingerprint density at radius 1 is 1.57 bits per heavy atom. The number of aryl methyl sites for hydroxylation is 1. The molecule has 1 aromatic rings. The number of imidazole rings is 1. The highest BCUT2D eigenvalue weighted by Crippen LogP contribution is 2.41. The maximum atomic E-state index is 11.6. The van der Waals surface area contributed by atoms with E-state index in [0.717, 1.165) is 18.5 Å². The molecule has 5 heteroatoms. The van der Waals surface area contributed by atoms with Crippen LogP contribution in [0.5, 0.6) is 0 Å². The number of H-pyrrole nitrogens is 1. The smallest absolute Gasteiger partial charge is 0.201 e. The van der Waals surface area contributed by atoms with Crippen LogP contribution in [0.4, 0.5) is 0 Å². The number of nitrogens with one attached hydrogen (secondary N) is 1. The van der Waals surface area contributed by atoms with Gasteiger partial charge in [0, 0.05) is 24.2 Å². The van der Waals surface area contributed by atoms with Gasteiger partial charge in [-0.3, -0.25) is 4.57 Å². The van der Waals surface area contributed by atoms with Crippen LogP contribution < -0.4 is 0 Å². The minimum Gasteiger partial charge on any atom is -0.348 e. The molecular weight excluding hydrogens is 199 g/mol. The van der Waals surface area contributed by atoms with Crippen LogP contribution in [-0.2, 0) is 11.0 Å². The van der Waals surface area contributed by atoms with Gasteiger partial charge in [-0.2, -0.15) is 0 Å². The predicted octanol–water partition coefficient (Wildman–Crippen LogP) is 2.02. The Kier molecular flexibility index (Phi) is 4.36. The average Bonchev–Trinajstić information content (AvgIpc) is 2.64. The molecule has 0 bridgehead atoms. The first-order chi connectivity index (χ1) is 6.64. The van der Waals surface area contributed by atoms with Crippen LogP contribution in [0.1, 0.15) is 25.5 Å². The number of hydrogen-bond acceptors (Lipinski definition) is 2. The van der Waals surface area contributed by atoms with E-state index < -0.39 is 7.37 Å². The summed E-state index contributed by atoms with van der Waals surface area (Å²) in [6.07, 6.45) is 6.49. The second-order valence-electron chi connectivity index (χ2n) is 3.47. The lowest BCUT2D eigenvalue weighted by molar-refractivity contribution is 0.475. The topological polar surface area (TPSA) is 66.0 Å². The summed E-state index contributed by atoms with van der Waals surface area (Å²) in [6, 6.07) is 0. The Hall–Kier alpha value is -0.600. The van der Waals surface area contributed by atoms with Gasteiger partial charge in [0.2, 0.25) is 7.37 Å². The lowest BCUT2D eigenvalue weighted by Crippen LogP contribution is -1.98. The zero-order chi connectivity index (χ0) is 10.4. The van der Waals surface area contributed by atoms with E-state index in [0.29, 0.717) is 18.7 Å². The van der Waals surface area contributed by atoms with Gasteiger partial charge < -0.3 is 9.88 Å². The molecule has 0 aliphatic heterocycles. The van der Waals surface area contributed by atoms with Crippen molar-refractivity contribution in [2.45, 2.75) is 26.2 Å². The molecule has 0 amide bonds. The van der Waals surface area contributed by atoms with Gasteiger partial charge in [-0.1, -0.05) is 13.3 Å². The first-order valence-electron chi connectivity index (χ1n) is 4.92. The van der Waals surface area contributed by atoms with Gasteiger partial charge in [0.15, 0.2) is 0 Å². The first kappa shape index (κ1) is 11.5. The van der Waals surface area contributed by atoms with E-state index >= 15 is 0 Å². The van der Waals surface area contributed by atoms with Crippen LogP contribution in [0.15, 0.2) is 12.5 Å². The Morgan fingerprint density at radius 3 is 2.93 bits per heavy atom. The molecule has 1 heterocycles. The van der Waals surface area contributed by atoms with Crippen LogP contribution in [0.3, 0.4) is 0 Å². The van der Waals surface area contributed by atoms with Gasteiger partial charge in [0.05, 0.1) is 6.33 Å². The largest absolute Gasteiger partial charge is 0.348 e. The first-order valence-corrected chi connectivity index (χ1v) is 6.95. The van der Waals surface area contributed by atoms with Crippen molar-refractivity contribution in [2.24, 2.45) is 0 Å². The molecule has 1 atom stereocenters. The molecule has 80 valence electrons. The number of aromatic nitrogens is 2. The standard InChI is InChI=1S/C9H17N2O2P/c1-2-3-5-14(12,13)6-4-9-7-10-8-11-9/h7-8H,2-6H2,1H3,(H,10,11)(H,12,13). The number of rotatable bonds is 6. The lowest BCUT2D eigenvalue weighted by atomic mass is 10.4. The van der Waals surface area contributed by atoms with Crippen molar-refractivity contribution in [3.63, 3.8) is 0 Å². The Labute approximate surface area is 84.2 Å². The van der Waals surface area contributed by atoms with Crippen molar-refractivity contribution < 1.29 is 9.46 Å². The fraction of sp³-hybridized carbons (Fsp3) is 0.667. The van der Waals surface area contributed by atoms with E-state index in [1.807, 2.05) is 6.92 Å². The number of aromatic amines is 1. The number of unbranched alkanes of at least 4 members (excludes halogenated alkanes) is 1. The summed E-state index contributed by atoms with van der Waals surface area (Å²) in [5.74, 6) is 0. The fourth-order valence-corrected chi connectivity index (χ4v) is 2.86. The Morgan fingerprint density at radius 2 is 2.36 bits per heavy atom. The molecule has 0 saturated carbocycles. The predicted molar refractivity (Wildman–Crippen MR) is 56.8 cm³/mol. The zero-order valence-electron chi connectivity index (χ0n) is 8.44. The van der Waals surface area contributed by atoms with Gasteiger partial charge in [0.25, 0.3) is 0 Å². The third-order valence-corrected chi connectivity index (χ3v) is 4.08. The van der Waals surface area contributed by atoms with Gasteiger partial charge in [-0.05, 0) is 12.8 Å². The Bertz CT molecular complexity index is 298. The van der Waals surface area contributed by atoms with Gasteiger partial charge in [0.1, 0.15) is 0 Å². The molecule has 0 aliphatic carbocycles. The van der Waals surface area contributed by atoms with Gasteiger partial charge in [-0.25, -0.2) is 4.98 Å². The molecule has 1 aromatic heterocycles. The SMILES string of the molecule is CCCCP(=O)(O)CCc1cnc[nH]1. The summed E-state index contributed by atoms with van der Waals surface area (Å²) in [4.78, 5) is 16.3. The number of nitrogens with zero attached hydrogens (tertiary/aromatic N) is 1. The van der Waals surface area contributed by atoms with E-state index in [4.69, 9.17) is 0 Å². The molecule has 0 aliphatic rings. The average molecular weight is 216 g/mol. The van der Waals surface area contributed by atoms with Crippen LogP contribution in [0.2, 0.25) is 0 Å². The fourth-order valence-electron chi connectivity index (χ4n) is 1.23. The van der Waals surface area contributed by atoms with Crippen molar-refractivity contribution in [3.8, 4) is 0 Å². The number of hydrogen-bond donors (Lipinski definition) is 2. The lowest BCUT2D eigenvalue weighted by Gasteiger charge is -2.09. The van der Waals surface area contributed by atoms with E-state index in [1.54, 1.807) is 12.5 Å². The molecule has 1 unspecified atom stereocenters. The van der Waals surface area contributed by atoms with E-state index in [9.17, 15) is 9.46 Å². The van der Waals surface area contributed by atoms with Crippen molar-refractivity contribution in [2.75, 3.05) is 12.3 Å². The summed E-state index contributed by atoms with van der Waals surface area (Å²) in [6.45, 7) is 2.02. The zero-order valence-corrected chi connectivity index (χ0v) is 9.33. The van der Waals surface area contributed by atoms with Crippen molar-refractivity contribution in [1.82, 2.24) is 9.97 Å². The van der Waals surface area contributed by atoms with E-state index in [1.165, 1.54) is 0 Å². The summed E-state index contributed by atoms with van der Waals surface area (Å²) in [5.41, 5.74) is 0.927. The van der Waals surface area contributed by atoms with Crippen LogP contribution in [0.25, 0.3) is 0 Å². The van der Waals surface area contributed by atoms with Gasteiger partial charge in [-0.15, -0.1) is 0 Å². The molecule has 0 aromatic carbocycles. The third-order valence-electron chi connectivity index (χ3n) is 2.15. The summed E-state index contributed by atoms with van der Waals surface area (Å²) in [7, 11) is -2.90. The second kappa shape index (κ2) is 5.32. The van der Waals surface area contributed by atoms with Crippen LogP contribution in [-0.4, -0.2) is 27.2 Å². The molecule has 1 rings (SSSR count). The Balaban J connectivity index is 2.32.